The van der Waals surface area contributed by atoms with Gasteiger partial charge in [-0.25, -0.2) is 0 Å². The van der Waals surface area contributed by atoms with Gasteiger partial charge in [0.25, 0.3) is 0 Å². The highest BCUT2D eigenvalue weighted by molar-refractivity contribution is 7.99. The van der Waals surface area contributed by atoms with Crippen molar-refractivity contribution in [1.82, 2.24) is 0 Å². The van der Waals surface area contributed by atoms with Crippen LogP contribution in [0.25, 0.3) is 33.4 Å². The molecule has 4 N–H and O–H groups in total. The molecule has 0 unspecified atom stereocenters. The van der Waals surface area contributed by atoms with Crippen LogP contribution in [0.3, 0.4) is 0 Å². The largest absolute Gasteiger partial charge is 0.508 e. The van der Waals surface area contributed by atoms with Crippen molar-refractivity contribution in [1.29, 1.82) is 0 Å². The molecular weight excluding hydrogens is 540 g/mol. The SMILES string of the molecule is Oc1ccc(-c2ccc3c(c2-c2ccc(O)cc2)Cc2ccccc2-3)cc1.Oc1ccc(Sc2ccc(O)cc2)cc1. The maximum Gasteiger partial charge on any atom is 0.115 e. The monoisotopic (exact) mass is 568 g/mol. The summed E-state index contributed by atoms with van der Waals surface area (Å²) >= 11 is 1.58. The van der Waals surface area contributed by atoms with Crippen molar-refractivity contribution in [3.8, 4) is 56.4 Å². The van der Waals surface area contributed by atoms with Gasteiger partial charge in [0.05, 0.1) is 0 Å². The second kappa shape index (κ2) is 11.8. The summed E-state index contributed by atoms with van der Waals surface area (Å²) in [5.74, 6) is 1.06. The molecule has 0 spiro atoms. The standard InChI is InChI=1S/C25H18O2.C12H10O2S/c26-19-9-5-16(6-10-19)22-13-14-23-21-4-2-1-3-18(21)15-24(23)25(22)17-7-11-20(27)12-8-17;13-9-1-5-11(6-2-9)15-12-7-3-10(14)4-8-12/h1-14,26-27H,15H2;1-8,13-14H. The van der Waals surface area contributed by atoms with Crippen LogP contribution in [-0.2, 0) is 6.42 Å². The third kappa shape index (κ3) is 5.82. The average molecular weight is 569 g/mol. The minimum absolute atomic E-state index is 0.262. The Balaban J connectivity index is 0.000000179. The number of hydrogen-bond acceptors (Lipinski definition) is 5. The van der Waals surface area contributed by atoms with Gasteiger partial charge >= 0.3 is 0 Å². The van der Waals surface area contributed by atoms with Crippen molar-refractivity contribution < 1.29 is 20.4 Å². The highest BCUT2D eigenvalue weighted by Gasteiger charge is 2.24. The van der Waals surface area contributed by atoms with E-state index in [0.29, 0.717) is 0 Å². The predicted molar refractivity (Wildman–Crippen MR) is 169 cm³/mol. The van der Waals surface area contributed by atoms with E-state index in [1.54, 1.807) is 60.3 Å². The lowest BCUT2D eigenvalue weighted by molar-refractivity contribution is 0.474. The van der Waals surface area contributed by atoms with Gasteiger partial charge < -0.3 is 20.4 Å². The highest BCUT2D eigenvalue weighted by atomic mass is 32.2. The second-order valence-electron chi connectivity index (χ2n) is 10.0. The second-order valence-corrected chi connectivity index (χ2v) is 11.2. The van der Waals surface area contributed by atoms with E-state index in [0.717, 1.165) is 32.9 Å². The molecular formula is C37H28O4S. The van der Waals surface area contributed by atoms with Gasteiger partial charge in [0.15, 0.2) is 0 Å². The molecule has 6 aromatic rings. The molecule has 0 atom stereocenters. The van der Waals surface area contributed by atoms with Crippen LogP contribution in [-0.4, -0.2) is 20.4 Å². The quantitative estimate of drug-likeness (QED) is 0.170. The fraction of sp³-hybridized carbons (Fsp3) is 0.0270. The number of phenolic OH excluding ortho intramolecular Hbond substituents is 4. The molecule has 5 heteroatoms. The average Bonchev–Trinajstić information content (AvgIpc) is 3.39. The lowest BCUT2D eigenvalue weighted by Crippen LogP contribution is -1.93. The molecule has 0 bridgehead atoms. The number of fused-ring (bicyclic) bond motifs is 3. The van der Waals surface area contributed by atoms with Gasteiger partial charge in [-0.15, -0.1) is 0 Å². The van der Waals surface area contributed by atoms with Gasteiger partial charge in [0, 0.05) is 9.79 Å². The molecule has 0 heterocycles. The van der Waals surface area contributed by atoms with Crippen LogP contribution in [0.15, 0.2) is 143 Å². The summed E-state index contributed by atoms with van der Waals surface area (Å²) in [5.41, 5.74) is 9.70. The van der Waals surface area contributed by atoms with E-state index >= 15 is 0 Å². The van der Waals surface area contributed by atoms with Gasteiger partial charge in [-0.05, 0) is 124 Å². The molecule has 0 radical (unpaired) electrons. The Morgan fingerprint density at radius 1 is 0.405 bits per heavy atom. The van der Waals surface area contributed by atoms with Crippen LogP contribution >= 0.6 is 11.8 Å². The first-order valence-electron chi connectivity index (χ1n) is 13.5. The lowest BCUT2D eigenvalue weighted by Gasteiger charge is -2.16. The fourth-order valence-electron chi connectivity index (χ4n) is 5.22. The summed E-state index contributed by atoms with van der Waals surface area (Å²) < 4.78 is 0. The number of aromatic hydroxyl groups is 4. The van der Waals surface area contributed by atoms with Gasteiger partial charge in [-0.1, -0.05) is 72.4 Å². The molecule has 0 fully saturated rings. The van der Waals surface area contributed by atoms with Crippen LogP contribution < -0.4 is 0 Å². The highest BCUT2D eigenvalue weighted by Crippen LogP contribution is 2.46. The Bertz CT molecular complexity index is 1780. The molecule has 0 saturated carbocycles. The zero-order valence-corrected chi connectivity index (χ0v) is 23.4. The van der Waals surface area contributed by atoms with Gasteiger partial charge in [0.2, 0.25) is 0 Å². The zero-order valence-electron chi connectivity index (χ0n) is 22.6. The van der Waals surface area contributed by atoms with Crippen LogP contribution in [0.4, 0.5) is 0 Å². The summed E-state index contributed by atoms with van der Waals surface area (Å²) in [6.07, 6.45) is 0.896. The van der Waals surface area contributed by atoms with Crippen LogP contribution in [0.2, 0.25) is 0 Å². The maximum absolute atomic E-state index is 9.73. The Morgan fingerprint density at radius 2 is 0.857 bits per heavy atom. The van der Waals surface area contributed by atoms with Crippen molar-refractivity contribution >= 4 is 11.8 Å². The van der Waals surface area contributed by atoms with E-state index in [2.05, 4.69) is 36.4 Å². The van der Waals surface area contributed by atoms with E-state index in [9.17, 15) is 10.2 Å². The molecule has 4 nitrogen and oxygen atoms in total. The number of benzene rings is 6. The van der Waals surface area contributed by atoms with Gasteiger partial charge in [-0.2, -0.15) is 0 Å². The number of rotatable bonds is 4. The Labute approximate surface area is 248 Å². The Kier molecular flexibility index (Phi) is 7.58. The van der Waals surface area contributed by atoms with E-state index < -0.39 is 0 Å². The molecule has 206 valence electrons. The van der Waals surface area contributed by atoms with Crippen molar-refractivity contribution in [3.63, 3.8) is 0 Å². The summed E-state index contributed by atoms with van der Waals surface area (Å²) in [6, 6.07) is 41.7. The van der Waals surface area contributed by atoms with E-state index in [-0.39, 0.29) is 23.0 Å². The summed E-state index contributed by atoms with van der Waals surface area (Å²) in [4.78, 5) is 2.11. The normalized spacial score (nSPS) is 11.2. The van der Waals surface area contributed by atoms with Crippen molar-refractivity contribution in [3.05, 3.63) is 145 Å². The maximum atomic E-state index is 9.73. The van der Waals surface area contributed by atoms with E-state index in [4.69, 9.17) is 10.2 Å². The Morgan fingerprint density at radius 3 is 1.40 bits per heavy atom. The third-order valence-electron chi connectivity index (χ3n) is 7.23. The topological polar surface area (TPSA) is 80.9 Å². The first-order valence-corrected chi connectivity index (χ1v) is 14.3. The first-order chi connectivity index (χ1) is 20.4. The summed E-state index contributed by atoms with van der Waals surface area (Å²) in [6.45, 7) is 0. The minimum Gasteiger partial charge on any atom is -0.508 e. The fourth-order valence-corrected chi connectivity index (χ4v) is 6.03. The molecule has 42 heavy (non-hydrogen) atoms. The van der Waals surface area contributed by atoms with E-state index in [1.807, 2.05) is 48.5 Å². The number of hydrogen-bond donors (Lipinski definition) is 4. The minimum atomic E-state index is 0.262. The molecule has 6 aromatic carbocycles. The van der Waals surface area contributed by atoms with Gasteiger partial charge in [-0.3, -0.25) is 0 Å². The predicted octanol–water partition coefficient (Wildman–Crippen LogP) is 9.25. The van der Waals surface area contributed by atoms with Crippen LogP contribution in [0.1, 0.15) is 11.1 Å². The zero-order chi connectivity index (χ0) is 29.1. The summed E-state index contributed by atoms with van der Waals surface area (Å²) in [7, 11) is 0. The molecule has 0 saturated heterocycles. The van der Waals surface area contributed by atoms with Crippen molar-refractivity contribution in [2.75, 3.05) is 0 Å². The lowest BCUT2D eigenvalue weighted by atomic mass is 9.88. The molecule has 7 rings (SSSR count). The first kappa shape index (κ1) is 27.1. The smallest absolute Gasteiger partial charge is 0.115 e. The molecule has 1 aliphatic rings. The Hall–Kier alpha value is -5.13. The molecule has 0 amide bonds. The molecule has 1 aliphatic carbocycles. The third-order valence-corrected chi connectivity index (χ3v) is 8.25. The van der Waals surface area contributed by atoms with Crippen molar-refractivity contribution in [2.24, 2.45) is 0 Å². The van der Waals surface area contributed by atoms with E-state index in [1.165, 1.54) is 27.8 Å². The number of phenols is 4. The van der Waals surface area contributed by atoms with Gasteiger partial charge in [0.1, 0.15) is 23.0 Å². The van der Waals surface area contributed by atoms with Crippen molar-refractivity contribution in [2.45, 2.75) is 16.2 Å². The molecule has 0 aromatic heterocycles. The van der Waals surface area contributed by atoms with Crippen LogP contribution in [0, 0.1) is 0 Å². The molecule has 0 aliphatic heterocycles. The summed E-state index contributed by atoms with van der Waals surface area (Å²) in [5, 5.41) is 37.6. The van der Waals surface area contributed by atoms with Crippen LogP contribution in [0.5, 0.6) is 23.0 Å².